The van der Waals surface area contributed by atoms with Crippen LogP contribution in [-0.2, 0) is 0 Å². The Morgan fingerprint density at radius 2 is 1.67 bits per heavy atom. The second-order valence-corrected chi connectivity index (χ2v) is 6.07. The Balaban J connectivity index is 2.00. The number of nitrogens with zero attached hydrogens (tertiary/aromatic N) is 1. The van der Waals surface area contributed by atoms with Crippen molar-refractivity contribution >= 4 is 0 Å². The molecule has 1 saturated heterocycles. The van der Waals surface area contributed by atoms with Gasteiger partial charge in [0.05, 0.1) is 20.3 Å². The normalized spacial score (nSPS) is 17.1. The summed E-state index contributed by atoms with van der Waals surface area (Å²) in [4.78, 5) is 2.55. The second kappa shape index (κ2) is 8.18. The summed E-state index contributed by atoms with van der Waals surface area (Å²) in [6, 6.07) is 17.2. The van der Waals surface area contributed by atoms with E-state index in [1.165, 1.54) is 11.1 Å². The van der Waals surface area contributed by atoms with Crippen LogP contribution in [0.1, 0.15) is 23.6 Å². The van der Waals surface area contributed by atoms with E-state index in [0.29, 0.717) is 0 Å². The highest BCUT2D eigenvalue weighted by molar-refractivity contribution is 5.46. The van der Waals surface area contributed by atoms with Gasteiger partial charge in [-0.05, 0) is 36.2 Å². The number of nitrogens with one attached hydrogen (secondary N) is 1. The predicted molar refractivity (Wildman–Crippen MR) is 96.9 cm³/mol. The van der Waals surface area contributed by atoms with Crippen LogP contribution in [0.25, 0.3) is 0 Å². The number of benzene rings is 2. The SMILES string of the molecule is COc1ccc(C(c2ccccc2)N2CCCNCC2)cc1OC. The van der Waals surface area contributed by atoms with Gasteiger partial charge in [0.2, 0.25) is 0 Å². The molecule has 24 heavy (non-hydrogen) atoms. The smallest absolute Gasteiger partial charge is 0.161 e. The topological polar surface area (TPSA) is 33.7 Å². The average molecular weight is 326 g/mol. The third kappa shape index (κ3) is 3.71. The third-order valence-corrected chi connectivity index (χ3v) is 4.58. The Morgan fingerprint density at radius 1 is 0.875 bits per heavy atom. The van der Waals surface area contributed by atoms with Crippen molar-refractivity contribution in [1.82, 2.24) is 10.2 Å². The van der Waals surface area contributed by atoms with Gasteiger partial charge >= 0.3 is 0 Å². The molecule has 1 unspecified atom stereocenters. The molecule has 2 aromatic rings. The molecule has 2 aromatic carbocycles. The maximum absolute atomic E-state index is 5.52. The second-order valence-electron chi connectivity index (χ2n) is 6.07. The molecular weight excluding hydrogens is 300 g/mol. The Kier molecular flexibility index (Phi) is 5.72. The predicted octanol–water partition coefficient (Wildman–Crippen LogP) is 3.09. The summed E-state index contributed by atoms with van der Waals surface area (Å²) in [5, 5.41) is 3.49. The van der Waals surface area contributed by atoms with Gasteiger partial charge < -0.3 is 14.8 Å². The van der Waals surface area contributed by atoms with E-state index < -0.39 is 0 Å². The Morgan fingerprint density at radius 3 is 2.42 bits per heavy atom. The van der Waals surface area contributed by atoms with E-state index in [-0.39, 0.29) is 6.04 Å². The summed E-state index contributed by atoms with van der Waals surface area (Å²) in [5.41, 5.74) is 2.55. The monoisotopic (exact) mass is 326 g/mol. The first-order valence-electron chi connectivity index (χ1n) is 8.55. The van der Waals surface area contributed by atoms with Crippen LogP contribution in [0, 0.1) is 0 Å². The van der Waals surface area contributed by atoms with Crippen molar-refractivity contribution < 1.29 is 9.47 Å². The van der Waals surface area contributed by atoms with E-state index in [0.717, 1.165) is 44.1 Å². The maximum Gasteiger partial charge on any atom is 0.161 e. The highest BCUT2D eigenvalue weighted by Crippen LogP contribution is 2.35. The highest BCUT2D eigenvalue weighted by atomic mass is 16.5. The first-order valence-corrected chi connectivity index (χ1v) is 8.55. The number of rotatable bonds is 5. The molecular formula is C20H26N2O2. The molecule has 1 heterocycles. The van der Waals surface area contributed by atoms with Crippen molar-refractivity contribution in [3.8, 4) is 11.5 Å². The van der Waals surface area contributed by atoms with Crippen molar-refractivity contribution in [1.29, 1.82) is 0 Å². The number of hydrogen-bond donors (Lipinski definition) is 1. The fraction of sp³-hybridized carbons (Fsp3) is 0.400. The van der Waals surface area contributed by atoms with Crippen LogP contribution < -0.4 is 14.8 Å². The Hall–Kier alpha value is -2.04. The van der Waals surface area contributed by atoms with Crippen molar-refractivity contribution in [2.24, 2.45) is 0 Å². The van der Waals surface area contributed by atoms with Crippen LogP contribution in [0.4, 0.5) is 0 Å². The Labute approximate surface area is 144 Å². The number of methoxy groups -OCH3 is 2. The van der Waals surface area contributed by atoms with E-state index in [1.54, 1.807) is 14.2 Å². The Bertz CT molecular complexity index is 637. The molecule has 0 saturated carbocycles. The van der Waals surface area contributed by atoms with Crippen molar-refractivity contribution in [2.75, 3.05) is 40.4 Å². The third-order valence-electron chi connectivity index (χ3n) is 4.58. The van der Waals surface area contributed by atoms with Crippen LogP contribution in [-0.4, -0.2) is 45.3 Å². The fourth-order valence-electron chi connectivity index (χ4n) is 3.40. The van der Waals surface area contributed by atoms with Gasteiger partial charge in [0.1, 0.15) is 0 Å². The summed E-state index contributed by atoms with van der Waals surface area (Å²) < 4.78 is 10.9. The molecule has 4 heteroatoms. The summed E-state index contributed by atoms with van der Waals surface area (Å²) in [7, 11) is 3.36. The molecule has 0 spiro atoms. The lowest BCUT2D eigenvalue weighted by Gasteiger charge is -2.31. The molecule has 1 atom stereocenters. The molecule has 1 aliphatic heterocycles. The minimum absolute atomic E-state index is 0.228. The average Bonchev–Trinajstić information content (AvgIpc) is 2.92. The summed E-state index contributed by atoms with van der Waals surface area (Å²) in [6.07, 6.45) is 1.16. The van der Waals surface area contributed by atoms with Crippen molar-refractivity contribution in [3.05, 3.63) is 59.7 Å². The quantitative estimate of drug-likeness (QED) is 0.915. The molecule has 4 nitrogen and oxygen atoms in total. The van der Waals surface area contributed by atoms with Crippen LogP contribution in [0.5, 0.6) is 11.5 Å². The van der Waals surface area contributed by atoms with Crippen molar-refractivity contribution in [2.45, 2.75) is 12.5 Å². The maximum atomic E-state index is 5.52. The zero-order valence-electron chi connectivity index (χ0n) is 14.5. The molecule has 1 aliphatic rings. The molecule has 0 aromatic heterocycles. The molecule has 1 N–H and O–H groups in total. The largest absolute Gasteiger partial charge is 0.493 e. The molecule has 0 amide bonds. The summed E-state index contributed by atoms with van der Waals surface area (Å²) in [6.45, 7) is 4.23. The summed E-state index contributed by atoms with van der Waals surface area (Å²) >= 11 is 0. The van der Waals surface area contributed by atoms with Gasteiger partial charge in [0.15, 0.2) is 11.5 Å². The minimum atomic E-state index is 0.228. The first kappa shape index (κ1) is 16.8. The van der Waals surface area contributed by atoms with Gasteiger partial charge in [-0.25, -0.2) is 0 Å². The molecule has 0 aliphatic carbocycles. The summed E-state index contributed by atoms with van der Waals surface area (Å²) in [5.74, 6) is 1.55. The van der Waals surface area contributed by atoms with E-state index in [1.807, 2.05) is 6.07 Å². The minimum Gasteiger partial charge on any atom is -0.493 e. The molecule has 128 valence electrons. The number of ether oxygens (including phenoxy) is 2. The van der Waals surface area contributed by atoms with E-state index in [4.69, 9.17) is 9.47 Å². The van der Waals surface area contributed by atoms with Crippen LogP contribution in [0.3, 0.4) is 0 Å². The van der Waals surface area contributed by atoms with E-state index in [2.05, 4.69) is 52.7 Å². The highest BCUT2D eigenvalue weighted by Gasteiger charge is 2.24. The van der Waals surface area contributed by atoms with Crippen LogP contribution >= 0.6 is 0 Å². The van der Waals surface area contributed by atoms with Gasteiger partial charge in [0, 0.05) is 19.6 Å². The molecule has 0 bridgehead atoms. The standard InChI is InChI=1S/C20H26N2O2/c1-23-18-10-9-17(15-19(18)24-2)20(16-7-4-3-5-8-16)22-13-6-11-21-12-14-22/h3-5,7-10,15,20-21H,6,11-14H2,1-2H3. The van der Waals surface area contributed by atoms with Gasteiger partial charge in [-0.15, -0.1) is 0 Å². The number of hydrogen-bond acceptors (Lipinski definition) is 4. The molecule has 1 fully saturated rings. The zero-order chi connectivity index (χ0) is 16.8. The van der Waals surface area contributed by atoms with E-state index in [9.17, 15) is 0 Å². The van der Waals surface area contributed by atoms with Crippen LogP contribution in [0.15, 0.2) is 48.5 Å². The van der Waals surface area contributed by atoms with Crippen LogP contribution in [0.2, 0.25) is 0 Å². The lowest BCUT2D eigenvalue weighted by molar-refractivity contribution is 0.240. The van der Waals surface area contributed by atoms with Gasteiger partial charge in [0.25, 0.3) is 0 Å². The molecule has 0 radical (unpaired) electrons. The molecule has 3 rings (SSSR count). The van der Waals surface area contributed by atoms with Crippen molar-refractivity contribution in [3.63, 3.8) is 0 Å². The van der Waals surface area contributed by atoms with Gasteiger partial charge in [-0.1, -0.05) is 36.4 Å². The lowest BCUT2D eigenvalue weighted by Crippen LogP contribution is -2.33. The fourth-order valence-corrected chi connectivity index (χ4v) is 3.40. The van der Waals surface area contributed by atoms with E-state index >= 15 is 0 Å². The first-order chi connectivity index (χ1) is 11.8. The van der Waals surface area contributed by atoms with Gasteiger partial charge in [-0.3, -0.25) is 4.90 Å². The van der Waals surface area contributed by atoms with Gasteiger partial charge in [-0.2, -0.15) is 0 Å². The lowest BCUT2D eigenvalue weighted by atomic mass is 9.96. The zero-order valence-corrected chi connectivity index (χ0v) is 14.5.